The molecule has 1 fully saturated rings. The molecule has 22 heavy (non-hydrogen) atoms. The van der Waals surface area contributed by atoms with Crippen LogP contribution in [0, 0.1) is 29.6 Å². The van der Waals surface area contributed by atoms with Gasteiger partial charge in [-0.25, -0.2) is 4.79 Å². The van der Waals surface area contributed by atoms with Gasteiger partial charge in [-0.05, 0) is 43.4 Å². The molecule has 0 spiro atoms. The molecule has 0 aromatic heterocycles. The van der Waals surface area contributed by atoms with Gasteiger partial charge in [0.2, 0.25) is 0 Å². The highest BCUT2D eigenvalue weighted by Crippen LogP contribution is 2.48. The van der Waals surface area contributed by atoms with Crippen LogP contribution >= 0.6 is 0 Å². The van der Waals surface area contributed by atoms with Gasteiger partial charge in [0, 0.05) is 18.6 Å². The highest BCUT2D eigenvalue weighted by atomic mass is 16.4. The fourth-order valence-corrected chi connectivity index (χ4v) is 4.29. The number of hydrogen-bond acceptors (Lipinski definition) is 3. The van der Waals surface area contributed by atoms with E-state index in [0.29, 0.717) is 11.8 Å². The number of hydrogen-bond donors (Lipinski definition) is 3. The molecule has 4 heteroatoms. The number of allylic oxidation sites excluding steroid dienone is 4. The number of fused-ring (bicyclic) bond motifs is 1. The lowest BCUT2D eigenvalue weighted by atomic mass is 9.58. The second-order valence-corrected chi connectivity index (χ2v) is 6.75. The number of aliphatic carboxylic acids is 1. The summed E-state index contributed by atoms with van der Waals surface area (Å²) in [5, 5.41) is 28.5. The predicted molar refractivity (Wildman–Crippen MR) is 85.1 cm³/mol. The summed E-state index contributed by atoms with van der Waals surface area (Å²) in [6, 6.07) is 0. The Morgan fingerprint density at radius 1 is 1.36 bits per heavy atom. The molecule has 2 aliphatic rings. The van der Waals surface area contributed by atoms with Crippen molar-refractivity contribution >= 4 is 5.97 Å². The second kappa shape index (κ2) is 7.25. The lowest BCUT2D eigenvalue weighted by Gasteiger charge is -2.48. The average molecular weight is 306 g/mol. The van der Waals surface area contributed by atoms with Gasteiger partial charge in [-0.1, -0.05) is 36.8 Å². The fraction of sp³-hybridized carbons (Fsp3) is 0.611. The largest absolute Gasteiger partial charge is 0.478 e. The van der Waals surface area contributed by atoms with Crippen molar-refractivity contribution in [2.75, 3.05) is 6.61 Å². The Bertz CT molecular complexity index is 491. The molecular formula is C18H26O4. The standard InChI is InChI=1S/C18H26O4/c1-11-8-16(20)15-9-13(10-19)7-12(2)18(15)14(11)5-3-4-6-17(21)22/h3-6,8,12-16,18-20H,7,9-10H2,1-2H3,(H,21,22)/b5-3+,6-4+/t12-,13+,14+,15?,16-,18-/m1/s1. The Morgan fingerprint density at radius 3 is 2.73 bits per heavy atom. The topological polar surface area (TPSA) is 77.8 Å². The molecule has 0 aromatic rings. The third-order valence-corrected chi connectivity index (χ3v) is 5.20. The van der Waals surface area contributed by atoms with Crippen molar-refractivity contribution in [3.05, 3.63) is 36.0 Å². The minimum atomic E-state index is -0.953. The first-order chi connectivity index (χ1) is 10.4. The van der Waals surface area contributed by atoms with E-state index < -0.39 is 12.1 Å². The molecular weight excluding hydrogens is 280 g/mol. The van der Waals surface area contributed by atoms with Gasteiger partial charge in [0.15, 0.2) is 0 Å². The molecule has 122 valence electrons. The maximum absolute atomic E-state index is 10.5. The lowest BCUT2D eigenvalue weighted by molar-refractivity contribution is -0.131. The van der Waals surface area contributed by atoms with Gasteiger partial charge in [-0.3, -0.25) is 0 Å². The molecule has 0 amide bonds. The van der Waals surface area contributed by atoms with E-state index in [9.17, 15) is 15.0 Å². The first kappa shape index (κ1) is 17.0. The molecule has 4 nitrogen and oxygen atoms in total. The number of aliphatic hydroxyl groups excluding tert-OH is 2. The molecule has 0 aromatic carbocycles. The van der Waals surface area contributed by atoms with Crippen LogP contribution in [0.4, 0.5) is 0 Å². The van der Waals surface area contributed by atoms with E-state index in [-0.39, 0.29) is 24.4 Å². The van der Waals surface area contributed by atoms with E-state index in [1.54, 1.807) is 12.2 Å². The summed E-state index contributed by atoms with van der Waals surface area (Å²) in [7, 11) is 0. The van der Waals surface area contributed by atoms with E-state index >= 15 is 0 Å². The monoisotopic (exact) mass is 306 g/mol. The summed E-state index contributed by atoms with van der Waals surface area (Å²) in [6.07, 6.45) is 9.81. The van der Waals surface area contributed by atoms with Crippen LogP contribution < -0.4 is 0 Å². The fourth-order valence-electron chi connectivity index (χ4n) is 4.29. The summed E-state index contributed by atoms with van der Waals surface area (Å²) < 4.78 is 0. The first-order valence-corrected chi connectivity index (χ1v) is 7.99. The minimum Gasteiger partial charge on any atom is -0.478 e. The molecule has 6 atom stereocenters. The number of carbonyl (C=O) groups is 1. The van der Waals surface area contributed by atoms with Crippen LogP contribution in [0.5, 0.6) is 0 Å². The molecule has 0 heterocycles. The summed E-state index contributed by atoms with van der Waals surface area (Å²) in [5.74, 6) is 0.480. The SMILES string of the molecule is CC1=C[C@@H](O)C2C[C@@H](CO)C[C@@H](C)[C@@H]2[C@H]1/C=C/C=C/C(=O)O. The van der Waals surface area contributed by atoms with Gasteiger partial charge in [0.1, 0.15) is 0 Å². The van der Waals surface area contributed by atoms with E-state index in [4.69, 9.17) is 5.11 Å². The van der Waals surface area contributed by atoms with Crippen molar-refractivity contribution in [1.29, 1.82) is 0 Å². The molecule has 2 aliphatic carbocycles. The Hall–Kier alpha value is -1.39. The zero-order valence-electron chi connectivity index (χ0n) is 13.2. The quantitative estimate of drug-likeness (QED) is 0.423. The summed E-state index contributed by atoms with van der Waals surface area (Å²) in [4.78, 5) is 10.5. The van der Waals surface area contributed by atoms with Crippen LogP contribution in [0.15, 0.2) is 36.0 Å². The van der Waals surface area contributed by atoms with Gasteiger partial charge < -0.3 is 15.3 Å². The van der Waals surface area contributed by atoms with Crippen LogP contribution in [-0.2, 0) is 4.79 Å². The van der Waals surface area contributed by atoms with Crippen LogP contribution in [0.2, 0.25) is 0 Å². The predicted octanol–water partition coefficient (Wildman–Crippen LogP) is 2.39. The average Bonchev–Trinajstić information content (AvgIpc) is 2.46. The van der Waals surface area contributed by atoms with Crippen molar-refractivity contribution in [2.45, 2.75) is 32.8 Å². The highest BCUT2D eigenvalue weighted by Gasteiger charge is 2.44. The summed E-state index contributed by atoms with van der Waals surface area (Å²) >= 11 is 0. The van der Waals surface area contributed by atoms with Crippen molar-refractivity contribution in [3.8, 4) is 0 Å². The van der Waals surface area contributed by atoms with Gasteiger partial charge in [-0.15, -0.1) is 0 Å². The maximum atomic E-state index is 10.5. The molecule has 0 radical (unpaired) electrons. The van der Waals surface area contributed by atoms with Crippen LogP contribution in [-0.4, -0.2) is 34.0 Å². The van der Waals surface area contributed by atoms with E-state index in [0.717, 1.165) is 24.5 Å². The first-order valence-electron chi connectivity index (χ1n) is 7.99. The second-order valence-electron chi connectivity index (χ2n) is 6.75. The van der Waals surface area contributed by atoms with Gasteiger partial charge in [0.05, 0.1) is 6.10 Å². The van der Waals surface area contributed by atoms with Crippen LogP contribution in [0.25, 0.3) is 0 Å². The van der Waals surface area contributed by atoms with E-state index in [1.165, 1.54) is 0 Å². The molecule has 1 unspecified atom stereocenters. The number of rotatable bonds is 4. The zero-order chi connectivity index (χ0) is 16.3. The molecule has 1 saturated carbocycles. The van der Waals surface area contributed by atoms with E-state index in [2.05, 4.69) is 6.92 Å². The van der Waals surface area contributed by atoms with Gasteiger partial charge >= 0.3 is 5.97 Å². The number of carboxylic acids is 1. The Balaban J connectivity index is 2.21. The third kappa shape index (κ3) is 3.68. The Morgan fingerprint density at radius 2 is 2.09 bits per heavy atom. The minimum absolute atomic E-state index is 0.169. The van der Waals surface area contributed by atoms with Crippen LogP contribution in [0.3, 0.4) is 0 Å². The van der Waals surface area contributed by atoms with Gasteiger partial charge in [-0.2, -0.15) is 0 Å². The van der Waals surface area contributed by atoms with Crippen molar-refractivity contribution in [1.82, 2.24) is 0 Å². The molecule has 2 rings (SSSR count). The number of aliphatic hydroxyl groups is 2. The Labute approximate surface area is 131 Å². The smallest absolute Gasteiger partial charge is 0.328 e. The van der Waals surface area contributed by atoms with Crippen molar-refractivity contribution < 1.29 is 20.1 Å². The molecule has 0 saturated heterocycles. The highest BCUT2D eigenvalue weighted by molar-refractivity contribution is 5.80. The normalized spacial score (nSPS) is 39.0. The van der Waals surface area contributed by atoms with Crippen molar-refractivity contribution in [3.63, 3.8) is 0 Å². The summed E-state index contributed by atoms with van der Waals surface area (Å²) in [5.41, 5.74) is 1.14. The van der Waals surface area contributed by atoms with E-state index in [1.807, 2.05) is 19.1 Å². The summed E-state index contributed by atoms with van der Waals surface area (Å²) in [6.45, 7) is 4.41. The number of carboxylic acid groups (broad SMARTS) is 1. The third-order valence-electron chi connectivity index (χ3n) is 5.20. The maximum Gasteiger partial charge on any atom is 0.328 e. The Kier molecular flexibility index (Phi) is 5.59. The molecule has 0 bridgehead atoms. The molecule has 0 aliphatic heterocycles. The molecule has 3 N–H and O–H groups in total. The van der Waals surface area contributed by atoms with Gasteiger partial charge in [0.25, 0.3) is 0 Å². The lowest BCUT2D eigenvalue weighted by Crippen LogP contribution is -2.44. The van der Waals surface area contributed by atoms with Crippen molar-refractivity contribution in [2.24, 2.45) is 29.6 Å². The zero-order valence-corrected chi connectivity index (χ0v) is 13.2. The van der Waals surface area contributed by atoms with Crippen LogP contribution in [0.1, 0.15) is 26.7 Å².